The molecule has 0 spiro atoms. The summed E-state index contributed by atoms with van der Waals surface area (Å²) in [6.45, 7) is 0.518. The molecule has 0 aliphatic carbocycles. The van der Waals surface area contributed by atoms with Crippen molar-refractivity contribution >= 4 is 11.4 Å². The van der Waals surface area contributed by atoms with Crippen LogP contribution in [0, 0.1) is 11.6 Å². The van der Waals surface area contributed by atoms with E-state index in [9.17, 15) is 8.78 Å². The average molecular weight is 248 g/mol. The highest BCUT2D eigenvalue weighted by Gasteiger charge is 2.01. The lowest BCUT2D eigenvalue weighted by atomic mass is 10.1. The Kier molecular flexibility index (Phi) is 3.77. The van der Waals surface area contributed by atoms with Crippen LogP contribution in [0.25, 0.3) is 0 Å². The highest BCUT2D eigenvalue weighted by Crippen LogP contribution is 2.15. The molecule has 0 atom stereocenters. The monoisotopic (exact) mass is 248 g/mol. The van der Waals surface area contributed by atoms with Crippen LogP contribution in [0.4, 0.5) is 20.2 Å². The van der Waals surface area contributed by atoms with Crippen LogP contribution in [0.1, 0.15) is 5.56 Å². The summed E-state index contributed by atoms with van der Waals surface area (Å²) in [5.74, 6) is -0.610. The number of nitrogens with one attached hydrogen (secondary N) is 1. The van der Waals surface area contributed by atoms with Crippen molar-refractivity contribution < 1.29 is 8.78 Å². The Morgan fingerprint density at radius 2 is 1.83 bits per heavy atom. The molecule has 0 aliphatic rings. The van der Waals surface area contributed by atoms with E-state index in [1.165, 1.54) is 18.2 Å². The molecule has 0 radical (unpaired) electrons. The smallest absolute Gasteiger partial charge is 0.127 e. The number of rotatable bonds is 4. The predicted octanol–water partition coefficient (Wildman–Crippen LogP) is 3.20. The molecule has 0 saturated heterocycles. The predicted molar refractivity (Wildman–Crippen MR) is 69.4 cm³/mol. The van der Waals surface area contributed by atoms with Crippen molar-refractivity contribution in [2.75, 3.05) is 17.6 Å². The van der Waals surface area contributed by atoms with Crippen molar-refractivity contribution in [3.05, 3.63) is 59.7 Å². The quantitative estimate of drug-likeness (QED) is 0.815. The van der Waals surface area contributed by atoms with E-state index in [2.05, 4.69) is 5.32 Å². The third-order valence-corrected chi connectivity index (χ3v) is 2.60. The van der Waals surface area contributed by atoms with Gasteiger partial charge in [0, 0.05) is 17.9 Å². The second-order valence-corrected chi connectivity index (χ2v) is 4.04. The second kappa shape index (κ2) is 5.49. The zero-order valence-electron chi connectivity index (χ0n) is 9.79. The fourth-order valence-corrected chi connectivity index (χ4v) is 1.76. The lowest BCUT2D eigenvalue weighted by Gasteiger charge is -2.08. The summed E-state index contributed by atoms with van der Waals surface area (Å²) in [6.07, 6.45) is 0.531. The third-order valence-electron chi connectivity index (χ3n) is 2.60. The molecule has 0 fully saturated rings. The molecule has 3 N–H and O–H groups in total. The molecule has 0 aromatic heterocycles. The summed E-state index contributed by atoms with van der Waals surface area (Å²) < 4.78 is 26.4. The van der Waals surface area contributed by atoms with E-state index in [0.717, 1.165) is 0 Å². The summed E-state index contributed by atoms with van der Waals surface area (Å²) >= 11 is 0. The lowest BCUT2D eigenvalue weighted by molar-refractivity contribution is 0.610. The van der Waals surface area contributed by atoms with Crippen molar-refractivity contribution in [2.24, 2.45) is 0 Å². The third kappa shape index (κ3) is 3.20. The van der Waals surface area contributed by atoms with Gasteiger partial charge in [-0.1, -0.05) is 18.2 Å². The molecular weight excluding hydrogens is 234 g/mol. The number of nitrogens with two attached hydrogens (primary N) is 1. The van der Waals surface area contributed by atoms with Crippen molar-refractivity contribution in [3.63, 3.8) is 0 Å². The molecule has 0 unspecified atom stereocenters. The van der Waals surface area contributed by atoms with Gasteiger partial charge in [-0.15, -0.1) is 0 Å². The van der Waals surface area contributed by atoms with Crippen LogP contribution in [0.2, 0.25) is 0 Å². The lowest BCUT2D eigenvalue weighted by Crippen LogP contribution is -2.06. The number of benzene rings is 2. The van der Waals surface area contributed by atoms with Crippen LogP contribution in [-0.2, 0) is 6.42 Å². The van der Waals surface area contributed by atoms with E-state index < -0.39 is 0 Å². The largest absolute Gasteiger partial charge is 0.399 e. The van der Waals surface area contributed by atoms with Gasteiger partial charge in [-0.2, -0.15) is 0 Å². The number of nitrogen functional groups attached to an aromatic ring is 1. The molecule has 2 nitrogen and oxygen atoms in total. The molecule has 2 rings (SSSR count). The van der Waals surface area contributed by atoms with Gasteiger partial charge in [-0.05, 0) is 36.2 Å². The van der Waals surface area contributed by atoms with Crippen LogP contribution in [0.3, 0.4) is 0 Å². The van der Waals surface area contributed by atoms with E-state index >= 15 is 0 Å². The number of halogens is 2. The van der Waals surface area contributed by atoms with Gasteiger partial charge >= 0.3 is 0 Å². The van der Waals surface area contributed by atoms with Crippen LogP contribution in [-0.4, -0.2) is 6.54 Å². The van der Waals surface area contributed by atoms with Crippen LogP contribution >= 0.6 is 0 Å². The number of anilines is 2. The molecule has 0 saturated carbocycles. The Labute approximate surface area is 104 Å². The Hall–Kier alpha value is -2.10. The van der Waals surface area contributed by atoms with Gasteiger partial charge in [-0.3, -0.25) is 0 Å². The maximum Gasteiger partial charge on any atom is 0.127 e. The Morgan fingerprint density at radius 3 is 2.56 bits per heavy atom. The minimum absolute atomic E-state index is 0.224. The molecule has 0 heterocycles. The maximum atomic E-state index is 13.3. The van der Waals surface area contributed by atoms with Crippen LogP contribution in [0.5, 0.6) is 0 Å². The van der Waals surface area contributed by atoms with Crippen molar-refractivity contribution in [3.8, 4) is 0 Å². The molecular formula is C14H14F2N2. The van der Waals surface area contributed by atoms with Gasteiger partial charge in [0.1, 0.15) is 11.6 Å². The van der Waals surface area contributed by atoms with Crippen LogP contribution < -0.4 is 11.1 Å². The normalized spacial score (nSPS) is 10.3. The highest BCUT2D eigenvalue weighted by molar-refractivity contribution is 5.54. The molecule has 94 valence electrons. The zero-order valence-corrected chi connectivity index (χ0v) is 9.79. The molecule has 0 aliphatic heterocycles. The Balaban J connectivity index is 1.94. The minimum Gasteiger partial charge on any atom is -0.399 e. The second-order valence-electron chi connectivity index (χ2n) is 4.04. The molecule has 2 aromatic rings. The molecule has 0 amide bonds. The average Bonchev–Trinajstić information content (AvgIpc) is 2.30. The first kappa shape index (κ1) is 12.4. The molecule has 0 bridgehead atoms. The van der Waals surface area contributed by atoms with E-state index in [4.69, 9.17) is 5.73 Å². The first-order chi connectivity index (χ1) is 8.65. The number of hydrogen-bond donors (Lipinski definition) is 2. The van der Waals surface area contributed by atoms with Gasteiger partial charge in [0.15, 0.2) is 0 Å². The van der Waals surface area contributed by atoms with Gasteiger partial charge < -0.3 is 11.1 Å². The first-order valence-electron chi connectivity index (χ1n) is 5.68. The van der Waals surface area contributed by atoms with E-state index in [-0.39, 0.29) is 11.6 Å². The van der Waals surface area contributed by atoms with Gasteiger partial charge in [-0.25, -0.2) is 8.78 Å². The number of hydrogen-bond acceptors (Lipinski definition) is 2. The van der Waals surface area contributed by atoms with E-state index in [1.54, 1.807) is 24.3 Å². The molecule has 18 heavy (non-hydrogen) atoms. The first-order valence-corrected chi connectivity index (χ1v) is 5.68. The topological polar surface area (TPSA) is 38.0 Å². The summed E-state index contributed by atoms with van der Waals surface area (Å²) in [7, 11) is 0. The van der Waals surface area contributed by atoms with Gasteiger partial charge in [0.05, 0.1) is 0 Å². The van der Waals surface area contributed by atoms with Crippen LogP contribution in [0.15, 0.2) is 42.5 Å². The van der Waals surface area contributed by atoms with Crippen molar-refractivity contribution in [2.45, 2.75) is 6.42 Å². The van der Waals surface area contributed by atoms with Crippen molar-refractivity contribution in [1.29, 1.82) is 0 Å². The fourth-order valence-electron chi connectivity index (χ4n) is 1.76. The Bertz CT molecular complexity index is 521. The minimum atomic E-state index is -0.386. The summed E-state index contributed by atoms with van der Waals surface area (Å²) in [5.41, 5.74) is 7.13. The maximum absolute atomic E-state index is 13.3. The van der Waals surface area contributed by atoms with Gasteiger partial charge in [0.25, 0.3) is 0 Å². The Morgan fingerprint density at radius 1 is 1.06 bits per heavy atom. The van der Waals surface area contributed by atoms with E-state index in [1.807, 2.05) is 0 Å². The standard InChI is InChI=1S/C14H14F2N2/c15-11-7-12(17)9-13(8-11)18-6-5-10-3-1-2-4-14(10)16/h1-4,7-9,18H,5-6,17H2. The highest BCUT2D eigenvalue weighted by atomic mass is 19.1. The molecule has 2 aromatic carbocycles. The molecule has 4 heteroatoms. The summed E-state index contributed by atoms with van der Waals surface area (Å²) in [6, 6.07) is 10.9. The fraction of sp³-hybridized carbons (Fsp3) is 0.143. The SMILES string of the molecule is Nc1cc(F)cc(NCCc2ccccc2F)c1. The summed E-state index contributed by atoms with van der Waals surface area (Å²) in [5, 5.41) is 3.02. The van der Waals surface area contributed by atoms with Gasteiger partial charge in [0.2, 0.25) is 0 Å². The zero-order chi connectivity index (χ0) is 13.0. The van der Waals surface area contributed by atoms with E-state index in [0.29, 0.717) is 29.9 Å². The summed E-state index contributed by atoms with van der Waals surface area (Å²) in [4.78, 5) is 0. The van der Waals surface area contributed by atoms with Crippen molar-refractivity contribution in [1.82, 2.24) is 0 Å².